The number of anilines is 1. The monoisotopic (exact) mass is 398 g/mol. The Hall–Kier alpha value is -2.25. The number of amides is 1. The molecule has 1 N–H and O–H groups in total. The van der Waals surface area contributed by atoms with Gasteiger partial charge < -0.3 is 9.88 Å². The molecule has 1 unspecified atom stereocenters. The van der Waals surface area contributed by atoms with Crippen LogP contribution in [0.15, 0.2) is 58.6 Å². The fourth-order valence-electron chi connectivity index (χ4n) is 2.67. The topological polar surface area (TPSA) is 59.8 Å². The van der Waals surface area contributed by atoms with Crippen LogP contribution < -0.4 is 5.32 Å². The Bertz CT molecular complexity index is 955. The first-order valence-electron chi connectivity index (χ1n) is 8.57. The van der Waals surface area contributed by atoms with Crippen LogP contribution in [-0.2, 0) is 11.8 Å². The maximum atomic E-state index is 12.6. The SMILES string of the molecule is CSc1ccccc1NC(=O)C(C)Sc1nnc(-c2ccccc2C)n1C. The van der Waals surface area contributed by atoms with Crippen LogP contribution in [0.3, 0.4) is 0 Å². The van der Waals surface area contributed by atoms with Crippen molar-refractivity contribution in [3.8, 4) is 11.4 Å². The highest BCUT2D eigenvalue weighted by molar-refractivity contribution is 8.00. The van der Waals surface area contributed by atoms with Gasteiger partial charge in [0, 0.05) is 17.5 Å². The molecule has 0 spiro atoms. The van der Waals surface area contributed by atoms with Gasteiger partial charge in [-0.1, -0.05) is 48.2 Å². The number of benzene rings is 2. The molecular formula is C20H22N4OS2. The first-order chi connectivity index (χ1) is 13.0. The lowest BCUT2D eigenvalue weighted by Crippen LogP contribution is -2.23. The minimum absolute atomic E-state index is 0.0538. The summed E-state index contributed by atoms with van der Waals surface area (Å²) in [5.74, 6) is 0.748. The second-order valence-corrected chi connectivity index (χ2v) is 8.29. The average molecular weight is 399 g/mol. The predicted molar refractivity (Wildman–Crippen MR) is 113 cm³/mol. The van der Waals surface area contributed by atoms with Gasteiger partial charge in [0.2, 0.25) is 5.91 Å². The number of aryl methyl sites for hydroxylation is 1. The van der Waals surface area contributed by atoms with Crippen molar-refractivity contribution in [1.82, 2.24) is 14.8 Å². The number of para-hydroxylation sites is 1. The normalized spacial score (nSPS) is 12.0. The third-order valence-corrected chi connectivity index (χ3v) is 6.17. The molecule has 2 aromatic carbocycles. The van der Waals surface area contributed by atoms with Gasteiger partial charge in [0.15, 0.2) is 11.0 Å². The molecule has 7 heteroatoms. The van der Waals surface area contributed by atoms with Gasteiger partial charge in [-0.2, -0.15) is 0 Å². The second-order valence-electron chi connectivity index (χ2n) is 6.13. The van der Waals surface area contributed by atoms with Crippen molar-refractivity contribution in [2.75, 3.05) is 11.6 Å². The summed E-state index contributed by atoms with van der Waals surface area (Å²) in [5.41, 5.74) is 3.02. The van der Waals surface area contributed by atoms with Crippen LogP contribution >= 0.6 is 23.5 Å². The number of carbonyl (C=O) groups excluding carboxylic acids is 1. The van der Waals surface area contributed by atoms with Crippen molar-refractivity contribution in [2.45, 2.75) is 29.1 Å². The van der Waals surface area contributed by atoms with Crippen LogP contribution in [0.5, 0.6) is 0 Å². The Balaban J connectivity index is 1.74. The lowest BCUT2D eigenvalue weighted by Gasteiger charge is -2.13. The standard InChI is InChI=1S/C20H22N4OS2/c1-13-9-5-6-10-15(13)18-22-23-20(24(18)3)27-14(2)19(25)21-16-11-7-8-12-17(16)26-4/h5-12,14H,1-4H3,(H,21,25). The molecule has 0 saturated carbocycles. The molecule has 0 fully saturated rings. The van der Waals surface area contributed by atoms with E-state index < -0.39 is 0 Å². The fourth-order valence-corrected chi connectivity index (χ4v) is 4.04. The molecule has 3 rings (SSSR count). The maximum absolute atomic E-state index is 12.6. The van der Waals surface area contributed by atoms with Gasteiger partial charge in [0.05, 0.1) is 10.9 Å². The zero-order valence-electron chi connectivity index (χ0n) is 15.8. The van der Waals surface area contributed by atoms with Gasteiger partial charge >= 0.3 is 0 Å². The largest absolute Gasteiger partial charge is 0.324 e. The van der Waals surface area contributed by atoms with Gasteiger partial charge in [-0.15, -0.1) is 22.0 Å². The minimum atomic E-state index is -0.299. The number of aromatic nitrogens is 3. The highest BCUT2D eigenvalue weighted by atomic mass is 32.2. The van der Waals surface area contributed by atoms with Crippen LogP contribution in [0.25, 0.3) is 11.4 Å². The van der Waals surface area contributed by atoms with Crippen molar-refractivity contribution < 1.29 is 4.79 Å². The molecule has 5 nitrogen and oxygen atoms in total. The van der Waals surface area contributed by atoms with Crippen LogP contribution in [0.1, 0.15) is 12.5 Å². The smallest absolute Gasteiger partial charge is 0.237 e. The highest BCUT2D eigenvalue weighted by Crippen LogP contribution is 2.29. The molecule has 0 aliphatic heterocycles. The van der Waals surface area contributed by atoms with E-state index in [1.54, 1.807) is 11.8 Å². The Morgan fingerprint density at radius 1 is 1.11 bits per heavy atom. The lowest BCUT2D eigenvalue weighted by atomic mass is 10.1. The van der Waals surface area contributed by atoms with Gasteiger partial charge in [0.1, 0.15) is 0 Å². The summed E-state index contributed by atoms with van der Waals surface area (Å²) in [5, 5.41) is 12.0. The fraction of sp³-hybridized carbons (Fsp3) is 0.250. The molecule has 27 heavy (non-hydrogen) atoms. The van der Waals surface area contributed by atoms with E-state index >= 15 is 0 Å². The summed E-state index contributed by atoms with van der Waals surface area (Å²) >= 11 is 3.01. The lowest BCUT2D eigenvalue weighted by molar-refractivity contribution is -0.115. The molecule has 1 atom stereocenters. The Labute approximate surface area is 168 Å². The Morgan fingerprint density at radius 2 is 1.81 bits per heavy atom. The number of thioether (sulfide) groups is 2. The number of nitrogens with one attached hydrogen (secondary N) is 1. The van der Waals surface area contributed by atoms with Crippen LogP contribution in [0.2, 0.25) is 0 Å². The molecule has 1 aromatic heterocycles. The van der Waals surface area contributed by atoms with E-state index in [2.05, 4.69) is 28.5 Å². The Kier molecular flexibility index (Phi) is 6.23. The van der Waals surface area contributed by atoms with Crippen molar-refractivity contribution in [2.24, 2.45) is 7.05 Å². The Morgan fingerprint density at radius 3 is 2.56 bits per heavy atom. The van der Waals surface area contributed by atoms with Gasteiger partial charge in [0.25, 0.3) is 0 Å². The van der Waals surface area contributed by atoms with E-state index in [1.165, 1.54) is 11.8 Å². The van der Waals surface area contributed by atoms with Crippen LogP contribution in [0, 0.1) is 6.92 Å². The van der Waals surface area contributed by atoms with Crippen molar-refractivity contribution >= 4 is 35.1 Å². The summed E-state index contributed by atoms with van der Waals surface area (Å²) in [6.45, 7) is 3.93. The van der Waals surface area contributed by atoms with E-state index in [4.69, 9.17) is 0 Å². The number of carbonyl (C=O) groups is 1. The van der Waals surface area contributed by atoms with E-state index in [0.29, 0.717) is 5.16 Å². The van der Waals surface area contributed by atoms with Gasteiger partial charge in [-0.05, 0) is 37.8 Å². The zero-order chi connectivity index (χ0) is 19.4. The molecule has 0 radical (unpaired) electrons. The van der Waals surface area contributed by atoms with Crippen molar-refractivity contribution in [3.63, 3.8) is 0 Å². The molecular weight excluding hydrogens is 376 g/mol. The number of hydrogen-bond donors (Lipinski definition) is 1. The van der Waals surface area contributed by atoms with E-state index in [9.17, 15) is 4.79 Å². The molecule has 1 amide bonds. The maximum Gasteiger partial charge on any atom is 0.237 e. The predicted octanol–water partition coefficient (Wildman–Crippen LogP) is 4.63. The molecule has 0 saturated heterocycles. The summed E-state index contributed by atoms with van der Waals surface area (Å²) in [7, 11) is 1.93. The summed E-state index contributed by atoms with van der Waals surface area (Å²) in [4.78, 5) is 13.7. The van der Waals surface area contributed by atoms with Crippen LogP contribution in [0.4, 0.5) is 5.69 Å². The van der Waals surface area contributed by atoms with Gasteiger partial charge in [-0.25, -0.2) is 0 Å². The van der Waals surface area contributed by atoms with Crippen molar-refractivity contribution in [3.05, 3.63) is 54.1 Å². The molecule has 0 bridgehead atoms. The molecule has 140 valence electrons. The van der Waals surface area contributed by atoms with Gasteiger partial charge in [-0.3, -0.25) is 4.79 Å². The summed E-state index contributed by atoms with van der Waals surface area (Å²) in [6.07, 6.45) is 2.00. The first-order valence-corrected chi connectivity index (χ1v) is 10.7. The quantitative estimate of drug-likeness (QED) is 0.614. The highest BCUT2D eigenvalue weighted by Gasteiger charge is 2.20. The first kappa shape index (κ1) is 19.5. The average Bonchev–Trinajstić information content (AvgIpc) is 3.03. The molecule has 1 heterocycles. The van der Waals surface area contributed by atoms with E-state index in [1.807, 2.05) is 67.3 Å². The van der Waals surface area contributed by atoms with Crippen molar-refractivity contribution in [1.29, 1.82) is 0 Å². The minimum Gasteiger partial charge on any atom is -0.324 e. The number of nitrogens with zero attached hydrogens (tertiary/aromatic N) is 3. The third-order valence-electron chi connectivity index (χ3n) is 4.24. The summed E-state index contributed by atoms with van der Waals surface area (Å²) < 4.78 is 1.94. The molecule has 3 aromatic rings. The molecule has 0 aliphatic carbocycles. The molecule has 0 aliphatic rings. The summed E-state index contributed by atoms with van der Waals surface area (Å²) in [6, 6.07) is 15.9. The number of rotatable bonds is 6. The van der Waals surface area contributed by atoms with E-state index in [-0.39, 0.29) is 11.2 Å². The van der Waals surface area contributed by atoms with Crippen LogP contribution in [-0.4, -0.2) is 32.2 Å². The zero-order valence-corrected chi connectivity index (χ0v) is 17.4. The second kappa shape index (κ2) is 8.63. The third kappa shape index (κ3) is 4.36. The number of hydrogen-bond acceptors (Lipinski definition) is 5. The van der Waals surface area contributed by atoms with E-state index in [0.717, 1.165) is 27.5 Å².